The molecule has 1 fully saturated rings. The third kappa shape index (κ3) is 5.88. The van der Waals surface area contributed by atoms with Gasteiger partial charge in [-0.25, -0.2) is 13.6 Å². The highest BCUT2D eigenvalue weighted by Gasteiger charge is 2.36. The zero-order valence-electron chi connectivity index (χ0n) is 16.8. The van der Waals surface area contributed by atoms with Crippen molar-refractivity contribution in [3.63, 3.8) is 0 Å². The molecule has 2 aromatic carbocycles. The first-order valence-electron chi connectivity index (χ1n) is 9.97. The Morgan fingerprint density at radius 1 is 1.10 bits per heavy atom. The lowest BCUT2D eigenvalue weighted by Gasteiger charge is -2.30. The molecule has 1 aliphatic heterocycles. The van der Waals surface area contributed by atoms with E-state index < -0.39 is 15.3 Å². The van der Waals surface area contributed by atoms with Crippen molar-refractivity contribution in [2.24, 2.45) is 5.14 Å². The van der Waals surface area contributed by atoms with E-state index in [1.165, 1.54) is 5.56 Å². The van der Waals surface area contributed by atoms with Crippen LogP contribution in [0.2, 0.25) is 0 Å². The van der Waals surface area contributed by atoms with E-state index >= 15 is 0 Å². The Balaban J connectivity index is 1.70. The molecule has 156 valence electrons. The standard InChI is InChI=1S/C22H29N3O3S/c1-18(24-15-13-21(17-24)29(23,27)28)22(26)25(16-20-10-6-3-7-11-20)14-12-19-8-4-2-5-9-19/h2-11,18,21H,12-17H2,1H3,(H2,23,27,28). The van der Waals surface area contributed by atoms with Crippen molar-refractivity contribution in [1.82, 2.24) is 9.80 Å². The second-order valence-corrected chi connectivity index (χ2v) is 9.50. The summed E-state index contributed by atoms with van der Waals surface area (Å²) >= 11 is 0. The SMILES string of the molecule is CC(C(=O)N(CCc1ccccc1)Cc1ccccc1)N1CCC(S(N)(=O)=O)C1. The quantitative estimate of drug-likeness (QED) is 0.715. The lowest BCUT2D eigenvalue weighted by molar-refractivity contribution is -0.136. The van der Waals surface area contributed by atoms with Gasteiger partial charge in [0.2, 0.25) is 15.9 Å². The Morgan fingerprint density at radius 3 is 2.24 bits per heavy atom. The summed E-state index contributed by atoms with van der Waals surface area (Å²) in [6, 6.07) is 19.6. The minimum Gasteiger partial charge on any atom is -0.337 e. The van der Waals surface area contributed by atoms with E-state index in [9.17, 15) is 13.2 Å². The number of sulfonamides is 1. The number of hydrogen-bond acceptors (Lipinski definition) is 4. The van der Waals surface area contributed by atoms with Crippen LogP contribution in [0.3, 0.4) is 0 Å². The van der Waals surface area contributed by atoms with Crippen LogP contribution in [0.25, 0.3) is 0 Å². The van der Waals surface area contributed by atoms with Crippen molar-refractivity contribution in [1.29, 1.82) is 0 Å². The Kier molecular flexibility index (Phi) is 7.05. The Labute approximate surface area is 173 Å². The molecule has 1 aliphatic rings. The molecule has 0 saturated carbocycles. The summed E-state index contributed by atoms with van der Waals surface area (Å²) in [5.41, 5.74) is 2.26. The molecule has 0 aliphatic carbocycles. The molecule has 0 radical (unpaired) electrons. The van der Waals surface area contributed by atoms with Gasteiger partial charge in [0.1, 0.15) is 0 Å². The predicted octanol–water partition coefficient (Wildman–Crippen LogP) is 2.01. The van der Waals surface area contributed by atoms with Crippen molar-refractivity contribution < 1.29 is 13.2 Å². The summed E-state index contributed by atoms with van der Waals surface area (Å²) in [6.07, 6.45) is 1.24. The highest BCUT2D eigenvalue weighted by molar-refractivity contribution is 7.89. The van der Waals surface area contributed by atoms with E-state index in [4.69, 9.17) is 5.14 Å². The number of benzene rings is 2. The Hall–Kier alpha value is -2.22. The van der Waals surface area contributed by atoms with Gasteiger partial charge >= 0.3 is 0 Å². The fourth-order valence-electron chi connectivity index (χ4n) is 3.77. The molecule has 0 bridgehead atoms. The molecule has 1 heterocycles. The normalized spacial score (nSPS) is 18.5. The fourth-order valence-corrected chi connectivity index (χ4v) is 4.61. The van der Waals surface area contributed by atoms with Crippen molar-refractivity contribution in [3.05, 3.63) is 71.8 Å². The average molecular weight is 416 g/mol. The minimum absolute atomic E-state index is 0.0138. The molecule has 3 rings (SSSR count). The van der Waals surface area contributed by atoms with E-state index in [1.807, 2.05) is 65.3 Å². The molecule has 2 aromatic rings. The molecular weight excluding hydrogens is 386 g/mol. The minimum atomic E-state index is -3.58. The summed E-state index contributed by atoms with van der Waals surface area (Å²) in [7, 11) is -3.58. The maximum atomic E-state index is 13.3. The lowest BCUT2D eigenvalue weighted by Crippen LogP contribution is -2.47. The molecule has 7 heteroatoms. The summed E-state index contributed by atoms with van der Waals surface area (Å²) < 4.78 is 23.3. The number of likely N-dealkylation sites (tertiary alicyclic amines) is 1. The van der Waals surface area contributed by atoms with Gasteiger partial charge in [-0.15, -0.1) is 0 Å². The monoisotopic (exact) mass is 415 g/mol. The molecule has 0 aromatic heterocycles. The summed E-state index contributed by atoms with van der Waals surface area (Å²) in [4.78, 5) is 17.1. The van der Waals surface area contributed by atoms with E-state index in [2.05, 4.69) is 12.1 Å². The van der Waals surface area contributed by atoms with Gasteiger partial charge in [0.15, 0.2) is 0 Å². The molecule has 1 amide bonds. The van der Waals surface area contributed by atoms with E-state index in [0.29, 0.717) is 32.6 Å². The highest BCUT2D eigenvalue weighted by atomic mass is 32.2. The number of nitrogens with two attached hydrogens (primary N) is 1. The Morgan fingerprint density at radius 2 is 1.69 bits per heavy atom. The summed E-state index contributed by atoms with van der Waals surface area (Å²) in [6.45, 7) is 3.86. The Bertz CT molecular complexity index is 903. The second kappa shape index (κ2) is 9.52. The van der Waals surface area contributed by atoms with Gasteiger partial charge in [0.25, 0.3) is 0 Å². The number of hydrogen-bond donors (Lipinski definition) is 1. The molecule has 2 atom stereocenters. The van der Waals surface area contributed by atoms with Crippen LogP contribution in [0.15, 0.2) is 60.7 Å². The molecular formula is C22H29N3O3S. The molecule has 29 heavy (non-hydrogen) atoms. The largest absolute Gasteiger partial charge is 0.337 e. The van der Waals surface area contributed by atoms with Crippen molar-refractivity contribution in [2.75, 3.05) is 19.6 Å². The average Bonchev–Trinajstić information content (AvgIpc) is 3.22. The van der Waals surface area contributed by atoms with Crippen LogP contribution < -0.4 is 5.14 Å². The topological polar surface area (TPSA) is 83.7 Å². The summed E-state index contributed by atoms with van der Waals surface area (Å²) in [5.74, 6) is 0.0138. The van der Waals surface area contributed by atoms with Gasteiger partial charge in [-0.3, -0.25) is 9.69 Å². The van der Waals surface area contributed by atoms with Gasteiger partial charge < -0.3 is 4.90 Å². The number of amides is 1. The van der Waals surface area contributed by atoms with Crippen LogP contribution in [-0.4, -0.2) is 55.1 Å². The smallest absolute Gasteiger partial charge is 0.239 e. The van der Waals surface area contributed by atoms with E-state index in [0.717, 1.165) is 12.0 Å². The van der Waals surface area contributed by atoms with Crippen LogP contribution >= 0.6 is 0 Å². The maximum Gasteiger partial charge on any atom is 0.239 e. The first-order valence-corrected chi connectivity index (χ1v) is 11.6. The van der Waals surface area contributed by atoms with E-state index in [1.54, 1.807) is 0 Å². The van der Waals surface area contributed by atoms with Crippen molar-refractivity contribution >= 4 is 15.9 Å². The van der Waals surface area contributed by atoms with Crippen LogP contribution in [-0.2, 0) is 27.8 Å². The van der Waals surface area contributed by atoms with Crippen LogP contribution in [0.4, 0.5) is 0 Å². The third-order valence-corrected chi connectivity index (χ3v) is 6.90. The maximum absolute atomic E-state index is 13.3. The molecule has 2 N–H and O–H groups in total. The molecule has 6 nitrogen and oxygen atoms in total. The van der Waals surface area contributed by atoms with Crippen molar-refractivity contribution in [2.45, 2.75) is 37.6 Å². The van der Waals surface area contributed by atoms with Gasteiger partial charge in [0.05, 0.1) is 11.3 Å². The van der Waals surface area contributed by atoms with Gasteiger partial charge in [-0.1, -0.05) is 60.7 Å². The number of carbonyl (C=O) groups excluding carboxylic acids is 1. The molecule has 0 spiro atoms. The van der Waals surface area contributed by atoms with Crippen LogP contribution in [0, 0.1) is 0 Å². The van der Waals surface area contributed by atoms with Crippen molar-refractivity contribution in [3.8, 4) is 0 Å². The zero-order valence-corrected chi connectivity index (χ0v) is 17.6. The molecule has 2 unspecified atom stereocenters. The first-order chi connectivity index (χ1) is 13.8. The highest BCUT2D eigenvalue weighted by Crippen LogP contribution is 2.19. The van der Waals surface area contributed by atoms with Gasteiger partial charge in [-0.2, -0.15) is 0 Å². The number of carbonyl (C=O) groups is 1. The number of nitrogens with zero attached hydrogens (tertiary/aromatic N) is 2. The lowest BCUT2D eigenvalue weighted by atomic mass is 10.1. The van der Waals surface area contributed by atoms with Crippen LogP contribution in [0.5, 0.6) is 0 Å². The summed E-state index contributed by atoms with van der Waals surface area (Å²) in [5, 5.41) is 4.71. The zero-order chi connectivity index (χ0) is 20.9. The van der Waals surface area contributed by atoms with Gasteiger partial charge in [0, 0.05) is 26.2 Å². The molecule has 1 saturated heterocycles. The van der Waals surface area contributed by atoms with Gasteiger partial charge in [-0.05, 0) is 30.9 Å². The fraction of sp³-hybridized carbons (Fsp3) is 0.409. The predicted molar refractivity (Wildman–Crippen MR) is 115 cm³/mol. The number of primary sulfonamides is 1. The van der Waals surface area contributed by atoms with Crippen LogP contribution in [0.1, 0.15) is 24.5 Å². The first kappa shape index (κ1) is 21.5. The second-order valence-electron chi connectivity index (χ2n) is 7.65. The van der Waals surface area contributed by atoms with E-state index in [-0.39, 0.29) is 11.9 Å². The number of rotatable bonds is 8. The third-order valence-electron chi connectivity index (χ3n) is 5.59.